The fourth-order valence-electron chi connectivity index (χ4n) is 2.30. The predicted molar refractivity (Wildman–Crippen MR) is 71.8 cm³/mol. The molecule has 2 heterocycles. The highest BCUT2D eigenvalue weighted by Gasteiger charge is 2.32. The molecule has 0 amide bonds. The molecule has 1 atom stereocenters. The third kappa shape index (κ3) is 2.94. The van der Waals surface area contributed by atoms with E-state index in [4.69, 9.17) is 15.0 Å². The van der Waals surface area contributed by atoms with Gasteiger partial charge < -0.3 is 15.0 Å². The summed E-state index contributed by atoms with van der Waals surface area (Å²) in [4.78, 5) is 5.36. The fraction of sp³-hybridized carbons (Fsp3) is 0.200. The van der Waals surface area contributed by atoms with Crippen LogP contribution in [0.3, 0.4) is 0 Å². The molecule has 2 N–H and O–H groups in total. The number of nitrogens with two attached hydrogens (primary N) is 1. The number of hydrogen-bond acceptors (Lipinski definition) is 4. The van der Waals surface area contributed by atoms with E-state index in [-0.39, 0.29) is 18.5 Å². The Morgan fingerprint density at radius 3 is 2.68 bits per heavy atom. The number of hydroxylamine groups is 2. The zero-order chi connectivity index (χ0) is 15.7. The molecule has 22 heavy (non-hydrogen) atoms. The minimum absolute atomic E-state index is 0.145. The number of furan rings is 1. The van der Waals surface area contributed by atoms with E-state index >= 15 is 0 Å². The van der Waals surface area contributed by atoms with Crippen LogP contribution in [-0.2, 0) is 17.6 Å². The Hall–Kier alpha value is -2.41. The maximum atomic E-state index is 12.8. The molecule has 0 radical (unpaired) electrons. The van der Waals surface area contributed by atoms with Crippen molar-refractivity contribution in [2.24, 2.45) is 5.73 Å². The molecule has 0 saturated carbocycles. The van der Waals surface area contributed by atoms with Gasteiger partial charge in [0.15, 0.2) is 0 Å². The summed E-state index contributed by atoms with van der Waals surface area (Å²) in [5, 5.41) is 1.48. The second-order valence-corrected chi connectivity index (χ2v) is 4.89. The lowest BCUT2D eigenvalue weighted by atomic mass is 10.1. The molecule has 2 aromatic rings. The third-order valence-corrected chi connectivity index (χ3v) is 3.28. The maximum absolute atomic E-state index is 12.8. The van der Waals surface area contributed by atoms with Gasteiger partial charge >= 0.3 is 6.18 Å². The van der Waals surface area contributed by atoms with E-state index in [1.165, 1.54) is 17.4 Å². The van der Waals surface area contributed by atoms with Gasteiger partial charge in [-0.05, 0) is 23.8 Å². The topological polar surface area (TPSA) is 51.6 Å². The van der Waals surface area contributed by atoms with Gasteiger partial charge in [-0.25, -0.2) is 0 Å². The van der Waals surface area contributed by atoms with Gasteiger partial charge in [0.1, 0.15) is 11.8 Å². The Morgan fingerprint density at radius 1 is 1.18 bits per heavy atom. The summed E-state index contributed by atoms with van der Waals surface area (Å²) in [7, 11) is 0. The lowest BCUT2D eigenvalue weighted by Crippen LogP contribution is -2.23. The van der Waals surface area contributed by atoms with Crippen LogP contribution in [0.25, 0.3) is 0 Å². The first kappa shape index (κ1) is 14.5. The van der Waals surface area contributed by atoms with Gasteiger partial charge in [-0.15, -0.1) is 5.06 Å². The molecule has 4 nitrogen and oxygen atoms in total. The Labute approximate surface area is 124 Å². The summed E-state index contributed by atoms with van der Waals surface area (Å²) < 4.78 is 43.6. The van der Waals surface area contributed by atoms with Crippen LogP contribution in [0.2, 0.25) is 0 Å². The van der Waals surface area contributed by atoms with Gasteiger partial charge in [-0.1, -0.05) is 18.2 Å². The average molecular weight is 310 g/mol. The van der Waals surface area contributed by atoms with Gasteiger partial charge in [0, 0.05) is 6.08 Å². The van der Waals surface area contributed by atoms with Gasteiger partial charge in [-0.3, -0.25) is 0 Å². The van der Waals surface area contributed by atoms with E-state index in [2.05, 4.69) is 0 Å². The quantitative estimate of drug-likeness (QED) is 0.941. The first-order valence-corrected chi connectivity index (χ1v) is 6.55. The molecule has 1 aliphatic rings. The Morgan fingerprint density at radius 2 is 2.00 bits per heavy atom. The molecular formula is C15H13F3N2O2. The van der Waals surface area contributed by atoms with E-state index in [1.807, 2.05) is 0 Å². The summed E-state index contributed by atoms with van der Waals surface area (Å²) >= 11 is 0. The van der Waals surface area contributed by atoms with E-state index in [1.54, 1.807) is 24.3 Å². The number of hydrogen-bond donors (Lipinski definition) is 1. The first-order chi connectivity index (χ1) is 10.4. The minimum atomic E-state index is -4.38. The van der Waals surface area contributed by atoms with Crippen molar-refractivity contribution in [1.82, 2.24) is 5.06 Å². The Balaban J connectivity index is 1.81. The standard InChI is InChI=1S/C15H13F3N2O2/c16-15(17,18)11-4-1-3-10(7-11)9-20-12(8-14(19)22-20)13-5-2-6-21-13/h1-8,12H,9,19H2. The molecular weight excluding hydrogens is 297 g/mol. The number of alkyl halides is 3. The van der Waals surface area contributed by atoms with Crippen LogP contribution in [0, 0.1) is 0 Å². The normalized spacial score (nSPS) is 19.0. The van der Waals surface area contributed by atoms with Gasteiger partial charge in [-0.2, -0.15) is 13.2 Å². The van der Waals surface area contributed by atoms with Crippen molar-refractivity contribution in [1.29, 1.82) is 0 Å². The van der Waals surface area contributed by atoms with Crippen molar-refractivity contribution in [3.63, 3.8) is 0 Å². The molecule has 0 aliphatic carbocycles. The lowest BCUT2D eigenvalue weighted by molar-refractivity contribution is -0.139. The van der Waals surface area contributed by atoms with Crippen LogP contribution in [0.5, 0.6) is 0 Å². The van der Waals surface area contributed by atoms with E-state index in [0.29, 0.717) is 11.3 Å². The summed E-state index contributed by atoms with van der Waals surface area (Å²) in [6.45, 7) is 0.145. The minimum Gasteiger partial charge on any atom is -0.467 e. The second-order valence-electron chi connectivity index (χ2n) is 4.89. The molecule has 3 rings (SSSR count). The smallest absolute Gasteiger partial charge is 0.416 e. The van der Waals surface area contributed by atoms with Crippen LogP contribution in [0.4, 0.5) is 13.2 Å². The predicted octanol–water partition coefficient (Wildman–Crippen LogP) is 3.59. The van der Waals surface area contributed by atoms with Crippen molar-refractivity contribution < 1.29 is 22.4 Å². The summed E-state index contributed by atoms with van der Waals surface area (Å²) in [6.07, 6.45) is -1.22. The van der Waals surface area contributed by atoms with Gasteiger partial charge in [0.05, 0.1) is 18.4 Å². The summed E-state index contributed by atoms with van der Waals surface area (Å²) in [5.74, 6) is 0.792. The van der Waals surface area contributed by atoms with Crippen molar-refractivity contribution >= 4 is 0 Å². The number of benzene rings is 1. The lowest BCUT2D eigenvalue weighted by Gasteiger charge is -2.21. The molecule has 1 aliphatic heterocycles. The van der Waals surface area contributed by atoms with E-state index < -0.39 is 11.7 Å². The SMILES string of the molecule is NC1=CC(c2ccco2)N(Cc2cccc(C(F)(F)F)c2)O1. The highest BCUT2D eigenvalue weighted by atomic mass is 19.4. The monoisotopic (exact) mass is 310 g/mol. The highest BCUT2D eigenvalue weighted by molar-refractivity contribution is 5.26. The van der Waals surface area contributed by atoms with Crippen molar-refractivity contribution in [3.05, 3.63) is 71.5 Å². The van der Waals surface area contributed by atoms with Gasteiger partial charge in [0.25, 0.3) is 0 Å². The molecule has 1 aromatic carbocycles. The molecule has 1 unspecified atom stereocenters. The van der Waals surface area contributed by atoms with Crippen molar-refractivity contribution in [3.8, 4) is 0 Å². The third-order valence-electron chi connectivity index (χ3n) is 3.28. The van der Waals surface area contributed by atoms with Crippen LogP contribution in [0.15, 0.2) is 59.0 Å². The molecule has 0 saturated heterocycles. The Kier molecular flexibility index (Phi) is 3.58. The molecule has 1 aromatic heterocycles. The number of nitrogens with zero attached hydrogens (tertiary/aromatic N) is 1. The maximum Gasteiger partial charge on any atom is 0.416 e. The van der Waals surface area contributed by atoms with Gasteiger partial charge in [0.2, 0.25) is 5.88 Å². The van der Waals surface area contributed by atoms with E-state index in [0.717, 1.165) is 12.1 Å². The zero-order valence-corrected chi connectivity index (χ0v) is 11.4. The van der Waals surface area contributed by atoms with Crippen LogP contribution in [0.1, 0.15) is 22.9 Å². The largest absolute Gasteiger partial charge is 0.467 e. The van der Waals surface area contributed by atoms with Crippen LogP contribution >= 0.6 is 0 Å². The fourth-order valence-corrected chi connectivity index (χ4v) is 2.30. The molecule has 7 heteroatoms. The molecule has 0 spiro atoms. The molecule has 0 bridgehead atoms. The van der Waals surface area contributed by atoms with Crippen LogP contribution in [-0.4, -0.2) is 5.06 Å². The van der Waals surface area contributed by atoms with E-state index in [9.17, 15) is 13.2 Å². The summed E-state index contributed by atoms with van der Waals surface area (Å²) in [6, 6.07) is 8.20. The average Bonchev–Trinajstić information content (AvgIpc) is 3.07. The van der Waals surface area contributed by atoms with Crippen molar-refractivity contribution in [2.45, 2.75) is 18.8 Å². The van der Waals surface area contributed by atoms with Crippen LogP contribution < -0.4 is 5.73 Å². The zero-order valence-electron chi connectivity index (χ0n) is 11.4. The second kappa shape index (κ2) is 5.42. The highest BCUT2D eigenvalue weighted by Crippen LogP contribution is 2.33. The molecule has 116 valence electrons. The molecule has 0 fully saturated rings. The van der Waals surface area contributed by atoms with Crippen molar-refractivity contribution in [2.75, 3.05) is 0 Å². The number of rotatable bonds is 3. The summed E-state index contributed by atoms with van der Waals surface area (Å²) in [5.41, 5.74) is 5.42. The first-order valence-electron chi connectivity index (χ1n) is 6.55. The Bertz CT molecular complexity index is 680. The number of halogens is 3.